The lowest BCUT2D eigenvalue weighted by molar-refractivity contribution is 0.0997. The first-order valence-corrected chi connectivity index (χ1v) is 10.1. The van der Waals surface area contributed by atoms with Gasteiger partial charge in [-0.05, 0) is 48.5 Å². The van der Waals surface area contributed by atoms with E-state index < -0.39 is 0 Å². The lowest BCUT2D eigenvalue weighted by atomic mass is 10.2. The molecule has 2 heterocycles. The first kappa shape index (κ1) is 20.1. The van der Waals surface area contributed by atoms with Crippen molar-refractivity contribution in [1.82, 2.24) is 0 Å². The summed E-state index contributed by atoms with van der Waals surface area (Å²) in [5.41, 5.74) is 2.24. The van der Waals surface area contributed by atoms with Crippen molar-refractivity contribution in [2.75, 3.05) is 36.5 Å². The fraction of sp³-hybridized carbons (Fsp3) is 0.190. The largest absolute Gasteiger partial charge is 0.451 e. The fourth-order valence-electron chi connectivity index (χ4n) is 3.14. The van der Waals surface area contributed by atoms with Crippen LogP contribution in [-0.2, 0) is 4.74 Å². The van der Waals surface area contributed by atoms with Crippen LogP contribution in [0, 0.1) is 0 Å². The van der Waals surface area contributed by atoms with Gasteiger partial charge in [0, 0.05) is 23.7 Å². The van der Waals surface area contributed by atoms with Gasteiger partial charge < -0.3 is 19.4 Å². The predicted molar refractivity (Wildman–Crippen MR) is 117 cm³/mol. The summed E-state index contributed by atoms with van der Waals surface area (Å²) >= 11 is 18.2. The Morgan fingerprint density at radius 1 is 0.931 bits per heavy atom. The van der Waals surface area contributed by atoms with Crippen molar-refractivity contribution in [1.29, 1.82) is 0 Å². The molecule has 29 heavy (non-hydrogen) atoms. The highest BCUT2D eigenvalue weighted by molar-refractivity contribution is 6.42. The molecule has 1 amide bonds. The lowest BCUT2D eigenvalue weighted by Crippen LogP contribution is -2.36. The zero-order valence-electron chi connectivity index (χ0n) is 15.3. The fourth-order valence-corrected chi connectivity index (χ4v) is 3.61. The van der Waals surface area contributed by atoms with Crippen molar-refractivity contribution >= 4 is 52.1 Å². The van der Waals surface area contributed by atoms with E-state index in [1.165, 1.54) is 0 Å². The third kappa shape index (κ3) is 4.54. The molecule has 0 bridgehead atoms. The third-order valence-corrected chi connectivity index (χ3v) is 5.57. The van der Waals surface area contributed by atoms with Crippen molar-refractivity contribution in [3.63, 3.8) is 0 Å². The Hall–Kier alpha value is -2.18. The average molecular weight is 452 g/mol. The summed E-state index contributed by atoms with van der Waals surface area (Å²) in [4.78, 5) is 14.9. The molecule has 1 N–H and O–H groups in total. The van der Waals surface area contributed by atoms with Crippen molar-refractivity contribution in [3.05, 3.63) is 69.4 Å². The van der Waals surface area contributed by atoms with E-state index in [4.69, 9.17) is 44.0 Å². The van der Waals surface area contributed by atoms with E-state index in [1.54, 1.807) is 42.5 Å². The van der Waals surface area contributed by atoms with Crippen LogP contribution in [0.25, 0.3) is 11.3 Å². The molecule has 2 aromatic carbocycles. The van der Waals surface area contributed by atoms with Gasteiger partial charge in [0.05, 0.1) is 34.6 Å². The summed E-state index contributed by atoms with van der Waals surface area (Å²) < 4.78 is 11.1. The van der Waals surface area contributed by atoms with Gasteiger partial charge in [-0.1, -0.05) is 34.8 Å². The first-order valence-electron chi connectivity index (χ1n) is 9.00. The van der Waals surface area contributed by atoms with E-state index in [1.807, 2.05) is 6.07 Å². The first-order chi connectivity index (χ1) is 14.0. The van der Waals surface area contributed by atoms with Gasteiger partial charge in [0.1, 0.15) is 5.76 Å². The highest BCUT2D eigenvalue weighted by Gasteiger charge is 2.19. The molecule has 1 saturated heterocycles. The minimum absolute atomic E-state index is 0.180. The molecule has 8 heteroatoms. The number of halogens is 3. The second-order valence-corrected chi connectivity index (χ2v) is 7.76. The summed E-state index contributed by atoms with van der Waals surface area (Å²) in [6.07, 6.45) is 0. The number of amides is 1. The standard InChI is InChI=1S/C21H17Cl3N2O3/c22-14-2-4-18(26-7-9-28-10-8-26)17(12-14)25-21(27)20-6-5-19(29-20)13-1-3-15(23)16(24)11-13/h1-6,11-12H,7-10H2,(H,25,27). The number of nitrogens with zero attached hydrogens (tertiary/aromatic N) is 1. The Morgan fingerprint density at radius 3 is 2.48 bits per heavy atom. The summed E-state index contributed by atoms with van der Waals surface area (Å²) in [5, 5.41) is 4.31. The molecule has 0 spiro atoms. The van der Waals surface area contributed by atoms with E-state index in [9.17, 15) is 4.79 Å². The van der Waals surface area contributed by atoms with Gasteiger partial charge in [0.2, 0.25) is 0 Å². The lowest BCUT2D eigenvalue weighted by Gasteiger charge is -2.30. The molecule has 1 aromatic heterocycles. The van der Waals surface area contributed by atoms with Crippen LogP contribution in [0.3, 0.4) is 0 Å². The van der Waals surface area contributed by atoms with Gasteiger partial charge in [-0.25, -0.2) is 0 Å². The van der Waals surface area contributed by atoms with Crippen LogP contribution in [0.4, 0.5) is 11.4 Å². The molecule has 5 nitrogen and oxygen atoms in total. The number of hydrogen-bond acceptors (Lipinski definition) is 4. The molecule has 0 aliphatic carbocycles. The Bertz CT molecular complexity index is 1050. The van der Waals surface area contributed by atoms with E-state index >= 15 is 0 Å². The molecular formula is C21H17Cl3N2O3. The van der Waals surface area contributed by atoms with Crippen LogP contribution in [0.1, 0.15) is 10.6 Å². The molecule has 0 unspecified atom stereocenters. The molecule has 1 aliphatic heterocycles. The number of furan rings is 1. The predicted octanol–water partition coefficient (Wildman–Crippen LogP) is 6.00. The van der Waals surface area contributed by atoms with Crippen LogP contribution < -0.4 is 10.2 Å². The van der Waals surface area contributed by atoms with Crippen molar-refractivity contribution in [2.45, 2.75) is 0 Å². The SMILES string of the molecule is O=C(Nc1cc(Cl)ccc1N1CCOCC1)c1ccc(-c2ccc(Cl)c(Cl)c2)o1. The minimum Gasteiger partial charge on any atom is -0.451 e. The highest BCUT2D eigenvalue weighted by Crippen LogP contribution is 2.32. The summed E-state index contributed by atoms with van der Waals surface area (Å²) in [6, 6.07) is 13.9. The number of anilines is 2. The van der Waals surface area contributed by atoms with E-state index in [0.29, 0.717) is 39.7 Å². The molecule has 4 rings (SSSR count). The number of morpholine rings is 1. The van der Waals surface area contributed by atoms with E-state index in [2.05, 4.69) is 10.2 Å². The van der Waals surface area contributed by atoms with Gasteiger partial charge in [-0.3, -0.25) is 4.79 Å². The van der Waals surface area contributed by atoms with Crippen LogP contribution in [0.15, 0.2) is 52.9 Å². The average Bonchev–Trinajstić information content (AvgIpc) is 3.21. The Labute approximate surface area is 183 Å². The van der Waals surface area contributed by atoms with Gasteiger partial charge in [0.15, 0.2) is 5.76 Å². The quantitative estimate of drug-likeness (QED) is 0.529. The normalized spacial score (nSPS) is 14.1. The number of benzene rings is 2. The van der Waals surface area contributed by atoms with E-state index in [0.717, 1.165) is 24.3 Å². The topological polar surface area (TPSA) is 54.7 Å². The van der Waals surface area contributed by atoms with Crippen molar-refractivity contribution < 1.29 is 13.9 Å². The third-order valence-electron chi connectivity index (χ3n) is 4.59. The van der Waals surface area contributed by atoms with Crippen LogP contribution in [0.2, 0.25) is 15.1 Å². The number of nitrogens with one attached hydrogen (secondary N) is 1. The second kappa shape index (κ2) is 8.67. The maximum Gasteiger partial charge on any atom is 0.291 e. The molecule has 1 aliphatic rings. The van der Waals surface area contributed by atoms with Gasteiger partial charge in [0.25, 0.3) is 5.91 Å². The zero-order chi connectivity index (χ0) is 20.4. The second-order valence-electron chi connectivity index (χ2n) is 6.51. The van der Waals surface area contributed by atoms with Gasteiger partial charge in [-0.2, -0.15) is 0 Å². The summed E-state index contributed by atoms with van der Waals surface area (Å²) in [7, 11) is 0. The Morgan fingerprint density at radius 2 is 1.72 bits per heavy atom. The number of carbonyl (C=O) groups is 1. The van der Waals surface area contributed by atoms with Crippen molar-refractivity contribution in [2.24, 2.45) is 0 Å². The molecular weight excluding hydrogens is 435 g/mol. The minimum atomic E-state index is -0.368. The van der Waals surface area contributed by atoms with Gasteiger partial charge >= 0.3 is 0 Å². The summed E-state index contributed by atoms with van der Waals surface area (Å²) in [6.45, 7) is 2.77. The highest BCUT2D eigenvalue weighted by atomic mass is 35.5. The van der Waals surface area contributed by atoms with E-state index in [-0.39, 0.29) is 11.7 Å². The number of hydrogen-bond donors (Lipinski definition) is 1. The number of rotatable bonds is 4. The Kier molecular flexibility index (Phi) is 6.01. The maximum atomic E-state index is 12.8. The monoisotopic (exact) mass is 450 g/mol. The van der Waals surface area contributed by atoms with Crippen molar-refractivity contribution in [3.8, 4) is 11.3 Å². The molecule has 1 fully saturated rings. The molecule has 0 saturated carbocycles. The van der Waals surface area contributed by atoms with Crippen LogP contribution >= 0.6 is 34.8 Å². The number of carbonyl (C=O) groups excluding carboxylic acids is 1. The van der Waals surface area contributed by atoms with Crippen LogP contribution in [0.5, 0.6) is 0 Å². The molecule has 3 aromatic rings. The molecule has 0 atom stereocenters. The molecule has 150 valence electrons. The smallest absolute Gasteiger partial charge is 0.291 e. The maximum absolute atomic E-state index is 12.8. The summed E-state index contributed by atoms with van der Waals surface area (Å²) in [5.74, 6) is 0.334. The molecule has 0 radical (unpaired) electrons. The zero-order valence-corrected chi connectivity index (χ0v) is 17.5. The Balaban J connectivity index is 1.56. The number of ether oxygens (including phenoxy) is 1. The van der Waals surface area contributed by atoms with Crippen LogP contribution in [-0.4, -0.2) is 32.2 Å². The van der Waals surface area contributed by atoms with Gasteiger partial charge in [-0.15, -0.1) is 0 Å².